The number of hydrazone groups is 1. The van der Waals surface area contributed by atoms with E-state index in [1.165, 1.54) is 17.7 Å². The van der Waals surface area contributed by atoms with Gasteiger partial charge in [-0.1, -0.05) is 47.0 Å². The van der Waals surface area contributed by atoms with Gasteiger partial charge in [0.2, 0.25) is 0 Å². The Kier molecular flexibility index (Phi) is 8.51. The minimum Gasteiger partial charge on any atom is -0.318 e. The number of anilines is 1. The summed E-state index contributed by atoms with van der Waals surface area (Å²) in [6.45, 7) is 11.3. The van der Waals surface area contributed by atoms with Crippen LogP contribution in [0.25, 0.3) is 5.69 Å². The lowest BCUT2D eigenvalue weighted by Gasteiger charge is -2.25. The number of benzene rings is 3. The number of carbonyl (C=O) groups is 1. The van der Waals surface area contributed by atoms with Crippen molar-refractivity contribution in [3.8, 4) is 5.69 Å². The third-order valence-corrected chi connectivity index (χ3v) is 8.79. The fraction of sp³-hybridized carbons (Fsp3) is 0.226. The second kappa shape index (κ2) is 11.7. The first-order valence-electron chi connectivity index (χ1n) is 12.8. The number of rotatable bonds is 8. The molecule has 0 atom stereocenters. The summed E-state index contributed by atoms with van der Waals surface area (Å²) in [5.41, 5.74) is 10.7. The van der Waals surface area contributed by atoms with Gasteiger partial charge in [-0.15, -0.1) is 0 Å². The largest absolute Gasteiger partial charge is 0.318 e. The minimum absolute atomic E-state index is 0.0857. The first-order chi connectivity index (χ1) is 18.9. The Morgan fingerprint density at radius 1 is 0.900 bits per heavy atom. The maximum atomic E-state index is 13.7. The average molecular weight is 577 g/mol. The van der Waals surface area contributed by atoms with Gasteiger partial charge in [0.15, 0.2) is 0 Å². The van der Waals surface area contributed by atoms with E-state index in [1.807, 2.05) is 26.8 Å². The minimum atomic E-state index is -4.05. The number of aryl methyl sites for hydroxylation is 5. The highest BCUT2D eigenvalue weighted by atomic mass is 35.5. The molecular weight excluding hydrogens is 544 g/mol. The Bertz CT molecular complexity index is 1710. The lowest BCUT2D eigenvalue weighted by Crippen LogP contribution is -2.40. The summed E-state index contributed by atoms with van der Waals surface area (Å²) in [4.78, 5) is 13.1. The zero-order valence-corrected chi connectivity index (χ0v) is 25.1. The van der Waals surface area contributed by atoms with Crippen LogP contribution in [0.15, 0.2) is 76.7 Å². The number of aromatic nitrogens is 1. The normalized spacial score (nSPS) is 11.7. The number of amides is 1. The van der Waals surface area contributed by atoms with Crippen LogP contribution in [-0.2, 0) is 14.8 Å². The van der Waals surface area contributed by atoms with E-state index in [0.717, 1.165) is 38.1 Å². The van der Waals surface area contributed by atoms with Crippen molar-refractivity contribution in [1.82, 2.24) is 9.99 Å². The van der Waals surface area contributed by atoms with Crippen molar-refractivity contribution in [2.75, 3.05) is 10.8 Å². The van der Waals surface area contributed by atoms with Crippen molar-refractivity contribution >= 4 is 39.4 Å². The average Bonchev–Trinajstić information content (AvgIpc) is 3.16. The predicted octanol–water partition coefficient (Wildman–Crippen LogP) is 6.33. The quantitative estimate of drug-likeness (QED) is 0.197. The summed E-state index contributed by atoms with van der Waals surface area (Å²) < 4.78 is 30.5. The van der Waals surface area contributed by atoms with Crippen LogP contribution in [-0.4, -0.2) is 31.7 Å². The van der Waals surface area contributed by atoms with Gasteiger partial charge < -0.3 is 4.57 Å². The Hall–Kier alpha value is -3.88. The number of hydrogen-bond donors (Lipinski definition) is 1. The molecule has 0 saturated heterocycles. The summed E-state index contributed by atoms with van der Waals surface area (Å²) in [5.74, 6) is -0.579. The van der Waals surface area contributed by atoms with Crippen molar-refractivity contribution in [2.45, 2.75) is 46.4 Å². The molecule has 0 unspecified atom stereocenters. The van der Waals surface area contributed by atoms with Crippen LogP contribution in [0, 0.1) is 41.5 Å². The molecule has 0 spiro atoms. The molecule has 4 aromatic rings. The van der Waals surface area contributed by atoms with Crippen LogP contribution in [0.5, 0.6) is 0 Å². The van der Waals surface area contributed by atoms with E-state index < -0.39 is 22.5 Å². The number of nitrogens with zero attached hydrogens (tertiary/aromatic N) is 3. The van der Waals surface area contributed by atoms with E-state index in [1.54, 1.807) is 43.5 Å². The second-order valence-electron chi connectivity index (χ2n) is 10.0. The van der Waals surface area contributed by atoms with Gasteiger partial charge in [0, 0.05) is 27.7 Å². The van der Waals surface area contributed by atoms with Crippen LogP contribution < -0.4 is 9.73 Å². The van der Waals surface area contributed by atoms with Crippen LogP contribution in [0.3, 0.4) is 0 Å². The fourth-order valence-corrected chi connectivity index (χ4v) is 6.43. The molecule has 0 aliphatic rings. The summed E-state index contributed by atoms with van der Waals surface area (Å²) in [5, 5.41) is 4.63. The molecule has 0 radical (unpaired) electrons. The SMILES string of the molecule is Cc1ccc(S(=O)(=O)N(CC(=O)N/N=C/c2cc(C)n(-c3ccc(C)cc3C)c2C)c2ccc(Cl)cc2C)cc1. The Morgan fingerprint density at radius 2 is 1.57 bits per heavy atom. The number of sulfonamides is 1. The zero-order chi connectivity index (χ0) is 29.2. The van der Waals surface area contributed by atoms with Gasteiger partial charge in [0.1, 0.15) is 6.54 Å². The molecule has 0 fully saturated rings. The first kappa shape index (κ1) is 29.1. The highest BCUT2D eigenvalue weighted by Crippen LogP contribution is 2.29. The number of nitrogens with one attached hydrogen (secondary N) is 1. The molecule has 1 amide bonds. The maximum Gasteiger partial charge on any atom is 0.264 e. The van der Waals surface area contributed by atoms with Gasteiger partial charge >= 0.3 is 0 Å². The van der Waals surface area contributed by atoms with Crippen molar-refractivity contribution in [1.29, 1.82) is 0 Å². The fourth-order valence-electron chi connectivity index (χ4n) is 4.72. The number of carbonyl (C=O) groups excluding carboxylic acids is 1. The van der Waals surface area contributed by atoms with Gasteiger partial charge in [-0.05, 0) is 95.1 Å². The standard InChI is InChI=1S/C31H33ClN4O3S/c1-20-7-11-28(12-8-20)40(38,39)35(29-14-10-27(32)16-23(29)4)19-31(37)34-33-18-26-17-24(5)36(25(26)6)30-13-9-21(2)15-22(30)3/h7-18H,19H2,1-6H3,(H,34,37)/b33-18+. The molecule has 3 aromatic carbocycles. The third kappa shape index (κ3) is 6.13. The topological polar surface area (TPSA) is 83.8 Å². The second-order valence-corrected chi connectivity index (χ2v) is 12.3. The predicted molar refractivity (Wildman–Crippen MR) is 162 cm³/mol. The van der Waals surface area contributed by atoms with E-state index >= 15 is 0 Å². The molecule has 0 aliphatic carbocycles. The monoisotopic (exact) mass is 576 g/mol. The van der Waals surface area contributed by atoms with Crippen LogP contribution in [0.1, 0.15) is 39.2 Å². The van der Waals surface area contributed by atoms with E-state index in [2.05, 4.69) is 47.1 Å². The maximum absolute atomic E-state index is 13.7. The molecular formula is C31H33ClN4O3S. The van der Waals surface area contributed by atoms with Crippen LogP contribution >= 0.6 is 11.6 Å². The Morgan fingerprint density at radius 3 is 2.23 bits per heavy atom. The number of halogens is 1. The summed E-state index contributed by atoms with van der Waals surface area (Å²) in [7, 11) is -4.05. The summed E-state index contributed by atoms with van der Waals surface area (Å²) in [6, 6.07) is 19.7. The Balaban J connectivity index is 1.58. The van der Waals surface area contributed by atoms with Crippen molar-refractivity contribution in [3.63, 3.8) is 0 Å². The molecule has 9 heteroatoms. The molecule has 0 aliphatic heterocycles. The molecule has 1 heterocycles. The lowest BCUT2D eigenvalue weighted by molar-refractivity contribution is -0.119. The molecule has 7 nitrogen and oxygen atoms in total. The van der Waals surface area contributed by atoms with Gasteiger partial charge in [-0.25, -0.2) is 13.8 Å². The van der Waals surface area contributed by atoms with Gasteiger partial charge in [-0.3, -0.25) is 9.10 Å². The molecule has 0 bridgehead atoms. The van der Waals surface area contributed by atoms with Crippen molar-refractivity contribution in [2.24, 2.45) is 5.10 Å². The van der Waals surface area contributed by atoms with Gasteiger partial charge in [0.05, 0.1) is 16.8 Å². The Labute approximate surface area is 241 Å². The van der Waals surface area contributed by atoms with E-state index in [0.29, 0.717) is 16.3 Å². The van der Waals surface area contributed by atoms with Crippen LogP contribution in [0.2, 0.25) is 5.02 Å². The van der Waals surface area contributed by atoms with E-state index in [-0.39, 0.29) is 4.90 Å². The molecule has 40 heavy (non-hydrogen) atoms. The first-order valence-corrected chi connectivity index (χ1v) is 14.6. The highest BCUT2D eigenvalue weighted by Gasteiger charge is 2.28. The summed E-state index contributed by atoms with van der Waals surface area (Å²) >= 11 is 6.11. The van der Waals surface area contributed by atoms with Crippen molar-refractivity contribution < 1.29 is 13.2 Å². The van der Waals surface area contributed by atoms with Gasteiger partial charge in [-0.2, -0.15) is 5.10 Å². The van der Waals surface area contributed by atoms with Crippen molar-refractivity contribution in [3.05, 3.63) is 111 Å². The van der Waals surface area contributed by atoms with Crippen LogP contribution in [0.4, 0.5) is 5.69 Å². The highest BCUT2D eigenvalue weighted by molar-refractivity contribution is 7.92. The molecule has 0 saturated carbocycles. The molecule has 1 N–H and O–H groups in total. The third-order valence-electron chi connectivity index (χ3n) is 6.78. The lowest BCUT2D eigenvalue weighted by atomic mass is 10.1. The number of hydrogen-bond acceptors (Lipinski definition) is 4. The van der Waals surface area contributed by atoms with Gasteiger partial charge in [0.25, 0.3) is 15.9 Å². The van der Waals surface area contributed by atoms with E-state index in [9.17, 15) is 13.2 Å². The summed E-state index contributed by atoms with van der Waals surface area (Å²) in [6.07, 6.45) is 1.58. The smallest absolute Gasteiger partial charge is 0.264 e. The van der Waals surface area contributed by atoms with E-state index in [4.69, 9.17) is 11.6 Å². The molecule has 4 rings (SSSR count). The molecule has 1 aromatic heterocycles. The molecule has 208 valence electrons. The zero-order valence-electron chi connectivity index (χ0n) is 23.5.